The molecule has 1 spiro atoms. The van der Waals surface area contributed by atoms with E-state index in [0.717, 1.165) is 31.7 Å². The highest BCUT2D eigenvalue weighted by Gasteiger charge is 2.64. The Morgan fingerprint density at radius 1 is 1.14 bits per heavy atom. The summed E-state index contributed by atoms with van der Waals surface area (Å²) >= 11 is 9.19. The first-order chi connectivity index (χ1) is 16.5. The highest BCUT2D eigenvalue weighted by Crippen LogP contribution is 2.50. The van der Waals surface area contributed by atoms with E-state index in [1.807, 2.05) is 0 Å². The summed E-state index contributed by atoms with van der Waals surface area (Å²) < 4.78 is 62.4. The topological polar surface area (TPSA) is 41.6 Å². The number of hydrogen-bond donors (Lipinski definition) is 1. The van der Waals surface area contributed by atoms with Gasteiger partial charge < -0.3 is 15.0 Å². The van der Waals surface area contributed by atoms with Crippen LogP contribution in [0.4, 0.5) is 17.6 Å². The number of ether oxygens (including phenoxy) is 1. The summed E-state index contributed by atoms with van der Waals surface area (Å²) in [5.74, 6) is -1.39. The molecule has 2 heterocycles. The smallest absolute Gasteiger partial charge is 0.356 e. The number of carbonyl (C=O) groups is 1. The Morgan fingerprint density at radius 3 is 2.37 bits per heavy atom. The number of carbonyl (C=O) groups excluding carboxylic acids is 1. The summed E-state index contributed by atoms with van der Waals surface area (Å²) in [6, 6.07) is 10.2. The molecular formula is C25H26BrClF4N2O2. The third kappa shape index (κ3) is 4.84. The van der Waals surface area contributed by atoms with Crippen LogP contribution >= 0.6 is 27.5 Å². The van der Waals surface area contributed by atoms with Crippen LogP contribution in [0.5, 0.6) is 0 Å². The van der Waals surface area contributed by atoms with Gasteiger partial charge in [0.1, 0.15) is 5.82 Å². The standard InChI is InChI=1S/C25H26BrClF4N2O2/c1-35-24(25(29,30)31,17-12-18(26)14-19(27)13-17)22(34)33-10-7-23(8-11-33)6-9-32-15-21(23)16-2-4-20(28)5-3-16/h2-5,12-14,21,32H,6-11,15H2,1H3/t21-,24?/m0/s1. The molecule has 2 fully saturated rings. The average Bonchev–Trinajstić information content (AvgIpc) is 2.80. The number of piperidine rings is 2. The van der Waals surface area contributed by atoms with E-state index in [4.69, 9.17) is 16.3 Å². The van der Waals surface area contributed by atoms with E-state index in [1.54, 1.807) is 12.1 Å². The number of amides is 1. The van der Waals surface area contributed by atoms with Gasteiger partial charge in [0.15, 0.2) is 0 Å². The normalized spacial score (nSPS) is 22.1. The lowest BCUT2D eigenvalue weighted by atomic mass is 9.62. The van der Waals surface area contributed by atoms with Gasteiger partial charge in [0.25, 0.3) is 11.5 Å². The number of methoxy groups -OCH3 is 1. The molecule has 2 aromatic rings. The molecule has 2 atom stereocenters. The second kappa shape index (κ2) is 10.00. The van der Waals surface area contributed by atoms with Gasteiger partial charge in [-0.05, 0) is 67.1 Å². The van der Waals surface area contributed by atoms with E-state index >= 15 is 0 Å². The number of alkyl halides is 3. The molecule has 10 heteroatoms. The molecule has 0 aliphatic carbocycles. The van der Waals surface area contributed by atoms with Crippen molar-refractivity contribution in [2.75, 3.05) is 33.3 Å². The van der Waals surface area contributed by atoms with Gasteiger partial charge in [-0.2, -0.15) is 13.2 Å². The number of hydrogen-bond acceptors (Lipinski definition) is 3. The average molecular weight is 578 g/mol. The molecule has 0 aromatic heterocycles. The van der Waals surface area contributed by atoms with E-state index in [2.05, 4.69) is 21.2 Å². The monoisotopic (exact) mass is 576 g/mol. The lowest BCUT2D eigenvalue weighted by Crippen LogP contribution is -2.59. The second-order valence-corrected chi connectivity index (χ2v) is 10.6. The zero-order valence-corrected chi connectivity index (χ0v) is 21.4. The first kappa shape index (κ1) is 26.4. The maximum absolute atomic E-state index is 14.5. The molecule has 35 heavy (non-hydrogen) atoms. The van der Waals surface area contributed by atoms with Crippen LogP contribution in [-0.2, 0) is 15.1 Å². The Balaban J connectivity index is 1.62. The number of likely N-dealkylation sites (tertiary alicyclic amines) is 1. The van der Waals surface area contributed by atoms with Crippen LogP contribution < -0.4 is 5.32 Å². The molecular weight excluding hydrogens is 552 g/mol. The lowest BCUT2D eigenvalue weighted by Gasteiger charge is -2.50. The fourth-order valence-electron chi connectivity index (χ4n) is 5.60. The van der Waals surface area contributed by atoms with Crippen LogP contribution in [0, 0.1) is 11.2 Å². The number of halogens is 6. The molecule has 190 valence electrons. The van der Waals surface area contributed by atoms with Crippen molar-refractivity contribution in [2.24, 2.45) is 5.41 Å². The van der Waals surface area contributed by atoms with Crippen molar-refractivity contribution < 1.29 is 27.1 Å². The van der Waals surface area contributed by atoms with Crippen LogP contribution in [-0.4, -0.2) is 50.3 Å². The SMILES string of the molecule is COC(C(=O)N1CCC2(CCNC[C@H]2c2ccc(F)cc2)CC1)(c1cc(Cl)cc(Br)c1)C(F)(F)F. The Morgan fingerprint density at radius 2 is 1.80 bits per heavy atom. The molecule has 0 saturated carbocycles. The first-order valence-electron chi connectivity index (χ1n) is 11.4. The van der Waals surface area contributed by atoms with Gasteiger partial charge in [0, 0.05) is 47.7 Å². The third-order valence-corrected chi connectivity index (χ3v) is 8.16. The molecule has 2 aliphatic rings. The number of benzene rings is 2. The summed E-state index contributed by atoms with van der Waals surface area (Å²) in [5, 5.41) is 3.44. The van der Waals surface area contributed by atoms with Crippen molar-refractivity contribution in [3.8, 4) is 0 Å². The summed E-state index contributed by atoms with van der Waals surface area (Å²) in [7, 11) is 0.892. The predicted octanol–water partition coefficient (Wildman–Crippen LogP) is 6.03. The van der Waals surface area contributed by atoms with Crippen molar-refractivity contribution in [3.05, 3.63) is 68.9 Å². The Kier molecular flexibility index (Phi) is 7.53. The Bertz CT molecular complexity index is 1050. The van der Waals surface area contributed by atoms with Gasteiger partial charge in [-0.3, -0.25) is 4.79 Å². The van der Waals surface area contributed by atoms with Crippen molar-refractivity contribution in [2.45, 2.75) is 37.0 Å². The zero-order chi connectivity index (χ0) is 25.4. The van der Waals surface area contributed by atoms with Crippen molar-refractivity contribution in [3.63, 3.8) is 0 Å². The molecule has 1 unspecified atom stereocenters. The number of rotatable bonds is 4. The molecule has 1 amide bonds. The van der Waals surface area contributed by atoms with Crippen molar-refractivity contribution in [1.29, 1.82) is 0 Å². The summed E-state index contributed by atoms with van der Waals surface area (Å²) in [6.07, 6.45) is -3.10. The minimum atomic E-state index is -5.01. The summed E-state index contributed by atoms with van der Waals surface area (Å²) in [5.41, 5.74) is -2.74. The molecule has 1 N–H and O–H groups in total. The van der Waals surface area contributed by atoms with E-state index < -0.39 is 17.7 Å². The predicted molar refractivity (Wildman–Crippen MR) is 129 cm³/mol. The van der Waals surface area contributed by atoms with Gasteiger partial charge in [-0.1, -0.05) is 39.7 Å². The highest BCUT2D eigenvalue weighted by atomic mass is 79.9. The van der Waals surface area contributed by atoms with E-state index in [0.29, 0.717) is 23.9 Å². The lowest BCUT2D eigenvalue weighted by molar-refractivity contribution is -0.271. The van der Waals surface area contributed by atoms with Crippen molar-refractivity contribution in [1.82, 2.24) is 10.2 Å². The number of nitrogens with one attached hydrogen (secondary N) is 1. The zero-order valence-electron chi connectivity index (χ0n) is 19.1. The summed E-state index contributed by atoms with van der Waals surface area (Å²) in [4.78, 5) is 14.8. The minimum absolute atomic E-state index is 0.0577. The Hall–Kier alpha value is -1.68. The third-order valence-electron chi connectivity index (χ3n) is 7.48. The van der Waals surface area contributed by atoms with E-state index in [1.165, 1.54) is 29.2 Å². The molecule has 2 aromatic carbocycles. The van der Waals surface area contributed by atoms with Crippen molar-refractivity contribution >= 4 is 33.4 Å². The fourth-order valence-corrected chi connectivity index (χ4v) is 6.46. The van der Waals surface area contributed by atoms with Crippen LogP contribution in [0.1, 0.15) is 36.3 Å². The van der Waals surface area contributed by atoms with Crippen LogP contribution in [0.2, 0.25) is 5.02 Å². The molecule has 2 aliphatic heterocycles. The molecule has 4 nitrogen and oxygen atoms in total. The Labute approximate surface area is 215 Å². The van der Waals surface area contributed by atoms with Crippen LogP contribution in [0.15, 0.2) is 46.9 Å². The van der Waals surface area contributed by atoms with E-state index in [-0.39, 0.29) is 40.8 Å². The fraction of sp³-hybridized carbons (Fsp3) is 0.480. The molecule has 4 rings (SSSR count). The number of nitrogens with zero attached hydrogens (tertiary/aromatic N) is 1. The minimum Gasteiger partial charge on any atom is -0.356 e. The van der Waals surface area contributed by atoms with Gasteiger partial charge in [-0.25, -0.2) is 4.39 Å². The first-order valence-corrected chi connectivity index (χ1v) is 12.5. The maximum Gasteiger partial charge on any atom is 0.430 e. The molecule has 0 radical (unpaired) electrons. The van der Waals surface area contributed by atoms with E-state index in [9.17, 15) is 22.4 Å². The molecule has 2 saturated heterocycles. The van der Waals surface area contributed by atoms with Crippen LogP contribution in [0.3, 0.4) is 0 Å². The second-order valence-electron chi connectivity index (χ2n) is 9.25. The quantitative estimate of drug-likeness (QED) is 0.451. The largest absolute Gasteiger partial charge is 0.430 e. The summed E-state index contributed by atoms with van der Waals surface area (Å²) in [6.45, 7) is 1.81. The van der Waals surface area contributed by atoms with Gasteiger partial charge >= 0.3 is 6.18 Å². The van der Waals surface area contributed by atoms with Gasteiger partial charge in [0.05, 0.1) is 0 Å². The van der Waals surface area contributed by atoms with Crippen LogP contribution in [0.25, 0.3) is 0 Å². The maximum atomic E-state index is 14.5. The van der Waals surface area contributed by atoms with Gasteiger partial charge in [-0.15, -0.1) is 0 Å². The highest BCUT2D eigenvalue weighted by molar-refractivity contribution is 9.10. The molecule has 0 bridgehead atoms. The van der Waals surface area contributed by atoms with Gasteiger partial charge in [0.2, 0.25) is 0 Å².